The lowest BCUT2D eigenvalue weighted by Gasteiger charge is -2.15. The number of halogens is 1. The number of aromatic amines is 1. The SMILES string of the molecule is CC(Nc1ncc(C#N)n(C)c1=O)c1cc2cc(Cl)ccc2[nH]c1=O. The number of aromatic nitrogens is 3. The summed E-state index contributed by atoms with van der Waals surface area (Å²) in [6.07, 6.45) is 1.31. The van der Waals surface area contributed by atoms with Crippen molar-refractivity contribution in [2.24, 2.45) is 7.05 Å². The molecular formula is C17H14ClN5O2. The zero-order chi connectivity index (χ0) is 18.1. The van der Waals surface area contributed by atoms with Gasteiger partial charge in [0.15, 0.2) is 5.82 Å². The number of rotatable bonds is 3. The molecule has 7 nitrogen and oxygen atoms in total. The number of H-pyrrole nitrogens is 1. The summed E-state index contributed by atoms with van der Waals surface area (Å²) in [6, 6.07) is 8.33. The minimum Gasteiger partial charge on any atom is -0.359 e. The van der Waals surface area contributed by atoms with Gasteiger partial charge in [0.05, 0.1) is 12.2 Å². The molecule has 1 aromatic carbocycles. The van der Waals surface area contributed by atoms with Gasteiger partial charge in [-0.25, -0.2) is 4.98 Å². The molecule has 2 heterocycles. The van der Waals surface area contributed by atoms with E-state index in [2.05, 4.69) is 15.3 Å². The van der Waals surface area contributed by atoms with Crippen molar-refractivity contribution in [2.75, 3.05) is 5.32 Å². The van der Waals surface area contributed by atoms with Crippen LogP contribution < -0.4 is 16.4 Å². The van der Waals surface area contributed by atoms with E-state index in [0.29, 0.717) is 16.1 Å². The van der Waals surface area contributed by atoms with E-state index in [1.165, 1.54) is 17.8 Å². The first-order chi connectivity index (χ1) is 11.9. The molecule has 0 fully saturated rings. The van der Waals surface area contributed by atoms with Gasteiger partial charge in [-0.05, 0) is 31.2 Å². The Kier molecular flexibility index (Phi) is 4.30. The average Bonchev–Trinajstić information content (AvgIpc) is 2.59. The molecule has 25 heavy (non-hydrogen) atoms. The van der Waals surface area contributed by atoms with Crippen molar-refractivity contribution in [2.45, 2.75) is 13.0 Å². The van der Waals surface area contributed by atoms with E-state index in [4.69, 9.17) is 16.9 Å². The van der Waals surface area contributed by atoms with Gasteiger partial charge in [0.2, 0.25) is 0 Å². The number of fused-ring (bicyclic) bond motifs is 1. The summed E-state index contributed by atoms with van der Waals surface area (Å²) in [5, 5.41) is 13.2. The standard InChI is InChI=1S/C17H14ClN5O2/c1-9(21-15-17(25)23(2)12(7-19)8-20-15)13-6-10-5-11(18)3-4-14(10)22-16(13)24/h3-6,8-9H,1-2H3,(H,20,21)(H,22,24). The van der Waals surface area contributed by atoms with Crippen molar-refractivity contribution in [3.8, 4) is 6.07 Å². The smallest absolute Gasteiger partial charge is 0.294 e. The fourth-order valence-electron chi connectivity index (χ4n) is 2.54. The number of pyridine rings is 1. The molecule has 0 saturated heterocycles. The van der Waals surface area contributed by atoms with Crippen LogP contribution in [0.5, 0.6) is 0 Å². The summed E-state index contributed by atoms with van der Waals surface area (Å²) in [7, 11) is 1.49. The minimum absolute atomic E-state index is 0.0691. The first-order valence-corrected chi connectivity index (χ1v) is 7.83. The molecule has 1 unspecified atom stereocenters. The summed E-state index contributed by atoms with van der Waals surface area (Å²) < 4.78 is 1.20. The van der Waals surface area contributed by atoms with Gasteiger partial charge in [0.1, 0.15) is 11.8 Å². The molecule has 0 amide bonds. The van der Waals surface area contributed by atoms with Crippen molar-refractivity contribution in [3.05, 3.63) is 67.4 Å². The third kappa shape index (κ3) is 3.12. The number of benzene rings is 1. The maximum atomic E-state index is 12.3. The lowest BCUT2D eigenvalue weighted by molar-refractivity contribution is 0.798. The highest BCUT2D eigenvalue weighted by Gasteiger charge is 2.15. The molecule has 2 N–H and O–H groups in total. The molecule has 3 rings (SSSR count). The summed E-state index contributed by atoms with van der Waals surface area (Å²) in [6.45, 7) is 1.75. The van der Waals surface area contributed by atoms with Crippen LogP contribution in [0.25, 0.3) is 10.9 Å². The fraction of sp³-hybridized carbons (Fsp3) is 0.176. The van der Waals surface area contributed by atoms with Crippen LogP contribution in [-0.2, 0) is 7.05 Å². The highest BCUT2D eigenvalue weighted by molar-refractivity contribution is 6.31. The van der Waals surface area contributed by atoms with E-state index in [9.17, 15) is 9.59 Å². The highest BCUT2D eigenvalue weighted by atomic mass is 35.5. The third-order valence-corrected chi connectivity index (χ3v) is 4.19. The molecule has 0 bridgehead atoms. The molecule has 8 heteroatoms. The molecule has 0 aliphatic heterocycles. The Hall–Kier alpha value is -3.11. The number of nitrogens with zero attached hydrogens (tertiary/aromatic N) is 3. The van der Waals surface area contributed by atoms with Crippen LogP contribution in [0, 0.1) is 11.3 Å². The van der Waals surface area contributed by atoms with Crippen molar-refractivity contribution in [1.29, 1.82) is 5.26 Å². The van der Waals surface area contributed by atoms with E-state index >= 15 is 0 Å². The molecule has 126 valence electrons. The Bertz CT molecular complexity index is 1130. The van der Waals surface area contributed by atoms with Crippen LogP contribution >= 0.6 is 11.6 Å². The van der Waals surface area contributed by atoms with Gasteiger partial charge in [-0.3, -0.25) is 14.2 Å². The summed E-state index contributed by atoms with van der Waals surface area (Å²) in [4.78, 5) is 31.3. The second-order valence-electron chi connectivity index (χ2n) is 5.62. The van der Waals surface area contributed by atoms with E-state index < -0.39 is 11.6 Å². The molecule has 0 saturated carbocycles. The van der Waals surface area contributed by atoms with Crippen LogP contribution in [0.1, 0.15) is 24.2 Å². The van der Waals surface area contributed by atoms with Gasteiger partial charge in [-0.1, -0.05) is 11.6 Å². The predicted molar refractivity (Wildman–Crippen MR) is 95.8 cm³/mol. The molecular weight excluding hydrogens is 342 g/mol. The Labute approximate surface area is 147 Å². The van der Waals surface area contributed by atoms with Crippen molar-refractivity contribution in [1.82, 2.24) is 14.5 Å². The lowest BCUT2D eigenvalue weighted by Crippen LogP contribution is -2.27. The van der Waals surface area contributed by atoms with Gasteiger partial charge in [0.25, 0.3) is 11.1 Å². The van der Waals surface area contributed by atoms with Crippen molar-refractivity contribution < 1.29 is 0 Å². The van der Waals surface area contributed by atoms with Gasteiger partial charge in [-0.15, -0.1) is 0 Å². The highest BCUT2D eigenvalue weighted by Crippen LogP contribution is 2.20. The Morgan fingerprint density at radius 1 is 1.36 bits per heavy atom. The Morgan fingerprint density at radius 3 is 2.84 bits per heavy atom. The van der Waals surface area contributed by atoms with Crippen molar-refractivity contribution >= 4 is 28.3 Å². The van der Waals surface area contributed by atoms with Gasteiger partial charge < -0.3 is 10.3 Å². The Morgan fingerprint density at radius 2 is 2.12 bits per heavy atom. The van der Waals surface area contributed by atoms with Crippen molar-refractivity contribution in [3.63, 3.8) is 0 Å². The number of hydrogen-bond donors (Lipinski definition) is 2. The summed E-state index contributed by atoms with van der Waals surface area (Å²) in [5.74, 6) is 0.0691. The van der Waals surface area contributed by atoms with E-state index in [1.807, 2.05) is 6.07 Å². The molecule has 2 aromatic heterocycles. The summed E-state index contributed by atoms with van der Waals surface area (Å²) in [5.41, 5.74) is 0.577. The zero-order valence-corrected chi connectivity index (χ0v) is 14.3. The second-order valence-corrected chi connectivity index (χ2v) is 6.06. The first-order valence-electron chi connectivity index (χ1n) is 7.46. The van der Waals surface area contributed by atoms with Crippen LogP contribution in [-0.4, -0.2) is 14.5 Å². The number of nitriles is 1. The predicted octanol–water partition coefficient (Wildman–Crippen LogP) is 2.32. The monoisotopic (exact) mass is 355 g/mol. The van der Waals surface area contributed by atoms with E-state index in [1.54, 1.807) is 31.2 Å². The fourth-order valence-corrected chi connectivity index (χ4v) is 2.72. The molecule has 0 radical (unpaired) electrons. The van der Waals surface area contributed by atoms with Crippen LogP contribution in [0.15, 0.2) is 40.1 Å². The lowest BCUT2D eigenvalue weighted by atomic mass is 10.1. The average molecular weight is 356 g/mol. The van der Waals surface area contributed by atoms with E-state index in [0.717, 1.165) is 5.39 Å². The topological polar surface area (TPSA) is 104 Å². The maximum Gasteiger partial charge on any atom is 0.294 e. The van der Waals surface area contributed by atoms with Crippen LogP contribution in [0.3, 0.4) is 0 Å². The molecule has 1 atom stereocenters. The van der Waals surface area contributed by atoms with Crippen LogP contribution in [0.2, 0.25) is 5.02 Å². The molecule has 0 spiro atoms. The minimum atomic E-state index is -0.472. The van der Waals surface area contributed by atoms with E-state index in [-0.39, 0.29) is 17.1 Å². The largest absolute Gasteiger partial charge is 0.359 e. The second kappa shape index (κ2) is 6.42. The molecule has 0 aliphatic carbocycles. The zero-order valence-electron chi connectivity index (χ0n) is 13.5. The number of hydrogen-bond acceptors (Lipinski definition) is 5. The van der Waals surface area contributed by atoms with Crippen LogP contribution in [0.4, 0.5) is 5.82 Å². The first kappa shape index (κ1) is 16.7. The molecule has 3 aromatic rings. The van der Waals surface area contributed by atoms with Gasteiger partial charge in [-0.2, -0.15) is 5.26 Å². The van der Waals surface area contributed by atoms with Gasteiger partial charge in [0, 0.05) is 28.5 Å². The quantitative estimate of drug-likeness (QED) is 0.750. The van der Waals surface area contributed by atoms with Gasteiger partial charge >= 0.3 is 0 Å². The normalized spacial score (nSPS) is 11.9. The Balaban J connectivity index is 2.01. The molecule has 0 aliphatic rings. The number of anilines is 1. The maximum absolute atomic E-state index is 12.3. The summed E-state index contributed by atoms with van der Waals surface area (Å²) >= 11 is 6.00. The third-order valence-electron chi connectivity index (χ3n) is 3.95. The number of nitrogens with one attached hydrogen (secondary N) is 2.